The number of amides is 1. The highest BCUT2D eigenvalue weighted by molar-refractivity contribution is 6.31. The first-order chi connectivity index (χ1) is 8.49. The lowest BCUT2D eigenvalue weighted by Crippen LogP contribution is -2.37. The number of likely N-dealkylation sites (tertiary alicyclic amines) is 1. The summed E-state index contributed by atoms with van der Waals surface area (Å²) in [5, 5.41) is 9.63. The van der Waals surface area contributed by atoms with E-state index in [1.54, 1.807) is 0 Å². The van der Waals surface area contributed by atoms with E-state index >= 15 is 0 Å². The van der Waals surface area contributed by atoms with Crippen molar-refractivity contribution >= 4 is 23.5 Å². The van der Waals surface area contributed by atoms with Crippen LogP contribution in [-0.4, -0.2) is 27.9 Å². The highest BCUT2D eigenvalue weighted by Gasteiger charge is 2.36. The van der Waals surface area contributed by atoms with E-state index in [-0.39, 0.29) is 12.5 Å². The molecule has 1 amide bonds. The summed E-state index contributed by atoms with van der Waals surface area (Å²) in [5.74, 6) is -1.08. The molecule has 5 heteroatoms. The van der Waals surface area contributed by atoms with Crippen LogP contribution in [0.2, 0.25) is 5.02 Å². The van der Waals surface area contributed by atoms with Crippen LogP contribution in [-0.2, 0) is 16.1 Å². The molecule has 4 nitrogen and oxygen atoms in total. The summed E-state index contributed by atoms with van der Waals surface area (Å²) in [6.45, 7) is 2.19. The van der Waals surface area contributed by atoms with E-state index in [9.17, 15) is 9.59 Å². The first-order valence-electron chi connectivity index (χ1n) is 5.76. The van der Waals surface area contributed by atoms with Crippen LogP contribution in [0, 0.1) is 6.92 Å². The molecule has 1 aliphatic rings. The summed E-state index contributed by atoms with van der Waals surface area (Å²) < 4.78 is 0. The minimum absolute atomic E-state index is 0.126. The van der Waals surface area contributed by atoms with Crippen LogP contribution in [0.25, 0.3) is 0 Å². The maximum atomic E-state index is 11.7. The molecule has 1 unspecified atom stereocenters. The van der Waals surface area contributed by atoms with Crippen LogP contribution in [0.5, 0.6) is 0 Å². The Bertz CT molecular complexity index is 501. The Labute approximate surface area is 110 Å². The van der Waals surface area contributed by atoms with Crippen LogP contribution in [0.3, 0.4) is 0 Å². The molecular formula is C13H14ClNO3. The molecule has 1 aromatic carbocycles. The third-order valence-electron chi connectivity index (χ3n) is 3.16. The number of carboxylic acid groups (broad SMARTS) is 1. The normalized spacial score (nSPS) is 19.3. The molecule has 18 heavy (non-hydrogen) atoms. The molecule has 1 fully saturated rings. The molecule has 1 aliphatic heterocycles. The number of benzene rings is 1. The lowest BCUT2D eigenvalue weighted by atomic mass is 10.1. The number of aryl methyl sites for hydroxylation is 1. The van der Waals surface area contributed by atoms with Crippen LogP contribution >= 0.6 is 11.6 Å². The highest BCUT2D eigenvalue weighted by Crippen LogP contribution is 2.25. The second kappa shape index (κ2) is 4.98. The summed E-state index contributed by atoms with van der Waals surface area (Å²) in [6.07, 6.45) is 0.665. The number of carbonyl (C=O) groups excluding carboxylic acids is 1. The van der Waals surface area contributed by atoms with Gasteiger partial charge in [-0.3, -0.25) is 4.79 Å². The van der Waals surface area contributed by atoms with Gasteiger partial charge in [-0.2, -0.15) is 0 Å². The van der Waals surface area contributed by atoms with Crippen molar-refractivity contribution in [2.75, 3.05) is 0 Å². The van der Waals surface area contributed by atoms with Crippen molar-refractivity contribution in [3.63, 3.8) is 0 Å². The molecule has 1 heterocycles. The van der Waals surface area contributed by atoms with Crippen LogP contribution < -0.4 is 0 Å². The monoisotopic (exact) mass is 267 g/mol. The average Bonchev–Trinajstić information content (AvgIpc) is 2.64. The van der Waals surface area contributed by atoms with Gasteiger partial charge in [0, 0.05) is 18.0 Å². The molecule has 1 aromatic rings. The van der Waals surface area contributed by atoms with Gasteiger partial charge in [-0.25, -0.2) is 4.79 Å². The first-order valence-corrected chi connectivity index (χ1v) is 6.14. The Kier molecular flexibility index (Phi) is 3.57. The molecule has 0 spiro atoms. The minimum atomic E-state index is -0.955. The lowest BCUT2D eigenvalue weighted by Gasteiger charge is -2.22. The number of carboxylic acids is 1. The van der Waals surface area contributed by atoms with Gasteiger partial charge in [-0.15, -0.1) is 0 Å². The number of hydrogen-bond donors (Lipinski definition) is 1. The minimum Gasteiger partial charge on any atom is -0.480 e. The Morgan fingerprint density at radius 3 is 2.89 bits per heavy atom. The second-order valence-electron chi connectivity index (χ2n) is 4.51. The SMILES string of the molecule is Cc1ccc(CN2C(=O)CCC2C(=O)O)c(Cl)c1. The largest absolute Gasteiger partial charge is 0.480 e. The zero-order valence-electron chi connectivity index (χ0n) is 10.0. The van der Waals surface area contributed by atoms with Gasteiger partial charge >= 0.3 is 5.97 Å². The number of halogens is 1. The van der Waals surface area contributed by atoms with Crippen molar-refractivity contribution in [2.45, 2.75) is 32.4 Å². The van der Waals surface area contributed by atoms with Crippen molar-refractivity contribution in [3.8, 4) is 0 Å². The molecular weight excluding hydrogens is 254 g/mol. The molecule has 1 atom stereocenters. The second-order valence-corrected chi connectivity index (χ2v) is 4.92. The van der Waals surface area contributed by atoms with E-state index in [1.807, 2.05) is 25.1 Å². The fourth-order valence-electron chi connectivity index (χ4n) is 2.15. The number of aliphatic carboxylic acids is 1. The third-order valence-corrected chi connectivity index (χ3v) is 3.51. The van der Waals surface area contributed by atoms with Crippen molar-refractivity contribution in [2.24, 2.45) is 0 Å². The summed E-state index contributed by atoms with van der Waals surface area (Å²) in [4.78, 5) is 24.1. The van der Waals surface area contributed by atoms with Gasteiger partial charge in [-0.1, -0.05) is 23.7 Å². The Balaban J connectivity index is 2.21. The Morgan fingerprint density at radius 1 is 1.56 bits per heavy atom. The van der Waals surface area contributed by atoms with Crippen molar-refractivity contribution < 1.29 is 14.7 Å². The summed E-state index contributed by atoms with van der Waals surface area (Å²) in [7, 11) is 0. The van der Waals surface area contributed by atoms with E-state index < -0.39 is 12.0 Å². The van der Waals surface area contributed by atoms with E-state index in [0.29, 0.717) is 17.9 Å². The van der Waals surface area contributed by atoms with Crippen LogP contribution in [0.1, 0.15) is 24.0 Å². The van der Waals surface area contributed by atoms with Crippen molar-refractivity contribution in [3.05, 3.63) is 34.3 Å². The van der Waals surface area contributed by atoms with Crippen molar-refractivity contribution in [1.82, 2.24) is 4.90 Å². The standard InChI is InChI=1S/C13H14ClNO3/c1-8-2-3-9(10(14)6-8)7-15-11(13(17)18)4-5-12(15)16/h2-3,6,11H,4-5,7H2,1H3,(H,17,18). The Hall–Kier alpha value is -1.55. The van der Waals surface area contributed by atoms with E-state index in [1.165, 1.54) is 4.90 Å². The predicted octanol–water partition coefficient (Wildman–Crippen LogP) is 2.22. The Morgan fingerprint density at radius 2 is 2.28 bits per heavy atom. The molecule has 0 aromatic heterocycles. The number of carbonyl (C=O) groups is 2. The molecule has 2 rings (SSSR count). The average molecular weight is 268 g/mol. The lowest BCUT2D eigenvalue weighted by molar-refractivity contribution is -0.146. The van der Waals surface area contributed by atoms with Gasteiger partial charge in [-0.05, 0) is 30.5 Å². The maximum absolute atomic E-state index is 11.7. The molecule has 0 radical (unpaired) electrons. The quantitative estimate of drug-likeness (QED) is 0.914. The van der Waals surface area contributed by atoms with Gasteiger partial charge < -0.3 is 10.0 Å². The van der Waals surface area contributed by atoms with Gasteiger partial charge in [0.05, 0.1) is 0 Å². The number of nitrogens with zero attached hydrogens (tertiary/aromatic N) is 1. The number of rotatable bonds is 3. The van der Waals surface area contributed by atoms with E-state index in [4.69, 9.17) is 16.7 Å². The summed E-state index contributed by atoms with van der Waals surface area (Å²) in [6, 6.07) is 4.82. The molecule has 96 valence electrons. The third kappa shape index (κ3) is 2.48. The van der Waals surface area contributed by atoms with Gasteiger partial charge in [0.15, 0.2) is 0 Å². The fourth-order valence-corrected chi connectivity index (χ4v) is 2.45. The van der Waals surface area contributed by atoms with Crippen LogP contribution in [0.15, 0.2) is 18.2 Å². The van der Waals surface area contributed by atoms with E-state index in [2.05, 4.69) is 0 Å². The van der Waals surface area contributed by atoms with Gasteiger partial charge in [0.25, 0.3) is 0 Å². The molecule has 0 bridgehead atoms. The smallest absolute Gasteiger partial charge is 0.326 e. The first kappa shape index (κ1) is 12.9. The molecule has 1 saturated heterocycles. The zero-order valence-corrected chi connectivity index (χ0v) is 10.8. The maximum Gasteiger partial charge on any atom is 0.326 e. The van der Waals surface area contributed by atoms with Crippen LogP contribution in [0.4, 0.5) is 0 Å². The van der Waals surface area contributed by atoms with Gasteiger partial charge in [0.2, 0.25) is 5.91 Å². The highest BCUT2D eigenvalue weighted by atomic mass is 35.5. The molecule has 1 N–H and O–H groups in total. The molecule has 0 saturated carbocycles. The topological polar surface area (TPSA) is 57.6 Å². The number of hydrogen-bond acceptors (Lipinski definition) is 2. The predicted molar refractivity (Wildman–Crippen MR) is 67.4 cm³/mol. The van der Waals surface area contributed by atoms with Crippen molar-refractivity contribution in [1.29, 1.82) is 0 Å². The van der Waals surface area contributed by atoms with E-state index in [0.717, 1.165) is 11.1 Å². The zero-order chi connectivity index (χ0) is 13.3. The summed E-state index contributed by atoms with van der Waals surface area (Å²) in [5.41, 5.74) is 1.81. The molecule has 0 aliphatic carbocycles. The summed E-state index contributed by atoms with van der Waals surface area (Å²) >= 11 is 6.10. The van der Waals surface area contributed by atoms with Gasteiger partial charge in [0.1, 0.15) is 6.04 Å². The fraction of sp³-hybridized carbons (Fsp3) is 0.385.